The third-order valence-electron chi connectivity index (χ3n) is 12.5. The van der Waals surface area contributed by atoms with Crippen molar-refractivity contribution in [2.45, 2.75) is 59.5 Å². The monoisotopic (exact) mass is 829 g/mol. The molecule has 13 nitrogen and oxygen atoms in total. The van der Waals surface area contributed by atoms with Gasteiger partial charge in [-0.2, -0.15) is 5.10 Å². The van der Waals surface area contributed by atoms with E-state index in [1.165, 1.54) is 4.90 Å². The van der Waals surface area contributed by atoms with Crippen LogP contribution in [-0.4, -0.2) is 88.1 Å². The lowest BCUT2D eigenvalue weighted by molar-refractivity contribution is 0.0602. The van der Waals surface area contributed by atoms with Crippen molar-refractivity contribution in [3.63, 3.8) is 0 Å². The van der Waals surface area contributed by atoms with Gasteiger partial charge in [-0.1, -0.05) is 61.0 Å². The summed E-state index contributed by atoms with van der Waals surface area (Å²) in [5, 5.41) is 20.2. The number of rotatable bonds is 15. The average molecular weight is 830 g/mol. The van der Waals surface area contributed by atoms with E-state index in [1.807, 2.05) is 42.5 Å². The van der Waals surface area contributed by atoms with Gasteiger partial charge in [-0.15, -0.1) is 5.10 Å². The quantitative estimate of drug-likeness (QED) is 0.0616. The molecule has 1 spiro atoms. The van der Waals surface area contributed by atoms with Gasteiger partial charge < -0.3 is 19.9 Å². The van der Waals surface area contributed by atoms with Gasteiger partial charge >= 0.3 is 0 Å². The number of benzene rings is 5. The number of imide groups is 1. The molecule has 5 aromatic carbocycles. The highest BCUT2D eigenvalue weighted by Crippen LogP contribution is 2.58. The largest absolute Gasteiger partial charge is 0.456 e. The van der Waals surface area contributed by atoms with Crippen LogP contribution >= 0.6 is 0 Å². The fourth-order valence-corrected chi connectivity index (χ4v) is 9.35. The van der Waals surface area contributed by atoms with E-state index in [4.69, 9.17) is 9.84 Å². The van der Waals surface area contributed by atoms with Crippen LogP contribution in [0, 0.1) is 0 Å². The molecular weight excluding hydrogens is 779 g/mol. The second kappa shape index (κ2) is 16.4. The Balaban J connectivity index is 1.04. The van der Waals surface area contributed by atoms with Crippen molar-refractivity contribution in [1.82, 2.24) is 24.9 Å². The Kier molecular flexibility index (Phi) is 10.7. The summed E-state index contributed by atoms with van der Waals surface area (Å²) in [6.45, 7) is 15.1. The van der Waals surface area contributed by atoms with Crippen LogP contribution < -0.4 is 19.9 Å². The van der Waals surface area contributed by atoms with Gasteiger partial charge in [0.25, 0.3) is 17.7 Å². The van der Waals surface area contributed by atoms with Gasteiger partial charge in [0.15, 0.2) is 0 Å². The summed E-state index contributed by atoms with van der Waals surface area (Å²) in [5.74, 6) is 0.357. The van der Waals surface area contributed by atoms with E-state index in [0.717, 1.165) is 84.7 Å². The Morgan fingerprint density at radius 3 is 2.02 bits per heavy atom. The van der Waals surface area contributed by atoms with Crippen molar-refractivity contribution >= 4 is 51.8 Å². The number of fused-ring (bicyclic) bond motifs is 6. The molecule has 0 atom stereocenters. The number of nitrogens with zero attached hydrogens (tertiary/aromatic N) is 8. The van der Waals surface area contributed by atoms with Crippen molar-refractivity contribution < 1.29 is 19.1 Å². The number of carbonyl (C=O) groups is 3. The molecule has 9 rings (SSSR count). The molecule has 0 bridgehead atoms. The molecule has 3 aliphatic rings. The van der Waals surface area contributed by atoms with E-state index in [2.05, 4.69) is 96.4 Å². The lowest BCUT2D eigenvalue weighted by Gasteiger charge is -2.42. The number of carbonyl (C=O) groups excluding carboxylic acids is 3. The van der Waals surface area contributed by atoms with Gasteiger partial charge in [-0.3, -0.25) is 24.0 Å². The molecule has 6 aromatic rings. The van der Waals surface area contributed by atoms with E-state index in [9.17, 15) is 14.4 Å². The maximum absolute atomic E-state index is 14.7. The minimum atomic E-state index is -1.16. The predicted molar refractivity (Wildman–Crippen MR) is 243 cm³/mol. The average Bonchev–Trinajstić information content (AvgIpc) is 3.85. The topological polar surface area (TPSA) is 128 Å². The third-order valence-corrected chi connectivity index (χ3v) is 12.5. The standard InChI is InChI=1S/C49H51N9O4/c1-6-11-25-50-42-24-21-38-45-36(42)16-14-17-37(45)46(59)57(47(38)60)27-26-56-31-32(52-53-56)30-51-58-48(61)35-15-12-13-18-39(35)49(58)40-22-19-33(54(7-2)8-3)28-43(40)62-44-29-34(20-23-41(44)49)55(9-4)10-5/h12-24,28-31,50H,6-11,25-27H2,1-5H3/b51-30+. The summed E-state index contributed by atoms with van der Waals surface area (Å²) in [6, 6.07) is 29.4. The van der Waals surface area contributed by atoms with Crippen LogP contribution in [0.5, 0.6) is 11.5 Å². The maximum atomic E-state index is 14.7. The molecule has 0 saturated carbocycles. The van der Waals surface area contributed by atoms with Gasteiger partial charge in [-0.05, 0) is 70.5 Å². The van der Waals surface area contributed by atoms with Crippen molar-refractivity contribution in [2.75, 3.05) is 54.4 Å². The number of anilines is 3. The highest BCUT2D eigenvalue weighted by molar-refractivity contribution is 6.26. The summed E-state index contributed by atoms with van der Waals surface area (Å²) in [5.41, 5.74) is 6.15. The second-order valence-electron chi connectivity index (χ2n) is 15.8. The van der Waals surface area contributed by atoms with Crippen LogP contribution in [0.1, 0.15) is 101 Å². The van der Waals surface area contributed by atoms with Gasteiger partial charge in [0.05, 0.1) is 19.0 Å². The summed E-state index contributed by atoms with van der Waals surface area (Å²) >= 11 is 0. The van der Waals surface area contributed by atoms with Crippen LogP contribution in [0.25, 0.3) is 10.8 Å². The summed E-state index contributed by atoms with van der Waals surface area (Å²) in [4.78, 5) is 48.2. The highest BCUT2D eigenvalue weighted by atomic mass is 16.5. The second-order valence-corrected chi connectivity index (χ2v) is 15.8. The smallest absolute Gasteiger partial charge is 0.275 e. The first kappa shape index (κ1) is 40.4. The van der Waals surface area contributed by atoms with Crippen molar-refractivity contribution in [1.29, 1.82) is 0 Å². The zero-order valence-corrected chi connectivity index (χ0v) is 35.9. The Bertz CT molecular complexity index is 2670. The van der Waals surface area contributed by atoms with Gasteiger partial charge in [0.1, 0.15) is 22.7 Å². The van der Waals surface area contributed by atoms with Crippen LogP contribution in [0.15, 0.2) is 102 Å². The Morgan fingerprint density at radius 2 is 1.35 bits per heavy atom. The molecule has 13 heteroatoms. The number of aromatic nitrogens is 3. The predicted octanol–water partition coefficient (Wildman–Crippen LogP) is 8.52. The number of unbranched alkanes of at least 4 members (excludes halogenated alkanes) is 1. The van der Waals surface area contributed by atoms with E-state index >= 15 is 0 Å². The highest BCUT2D eigenvalue weighted by Gasteiger charge is 2.57. The number of hydrazone groups is 1. The minimum Gasteiger partial charge on any atom is -0.456 e. The Labute approximate surface area is 361 Å². The number of ether oxygens (including phenoxy) is 1. The van der Waals surface area contributed by atoms with Crippen molar-refractivity contribution in [3.05, 3.63) is 136 Å². The Morgan fingerprint density at radius 1 is 0.710 bits per heavy atom. The number of nitrogens with one attached hydrogen (secondary N) is 1. The normalized spacial score (nSPS) is 14.7. The van der Waals surface area contributed by atoms with Crippen molar-refractivity contribution in [2.24, 2.45) is 5.10 Å². The van der Waals surface area contributed by atoms with E-state index in [1.54, 1.807) is 34.2 Å². The Hall–Kier alpha value is -7.02. The SMILES string of the molecule is CCCCNc1ccc2c3c(cccc13)C(=O)N(CCn1cc(/C=N/N3C(=O)c4ccccc4C34c3ccc(N(CC)CC)cc3Oc3cc(N(CC)CC)ccc34)nn1)C2=O. The molecule has 0 saturated heterocycles. The molecule has 0 fully saturated rings. The fourth-order valence-electron chi connectivity index (χ4n) is 9.35. The molecular formula is C49H51N9O4. The van der Waals surface area contributed by atoms with Crippen LogP contribution in [0.2, 0.25) is 0 Å². The van der Waals surface area contributed by atoms with Crippen LogP contribution in [0.4, 0.5) is 17.1 Å². The van der Waals surface area contributed by atoms with Crippen LogP contribution in [0.3, 0.4) is 0 Å². The maximum Gasteiger partial charge on any atom is 0.275 e. The van der Waals surface area contributed by atoms with Gasteiger partial charge in [0, 0.05) is 113 Å². The molecule has 1 aromatic heterocycles. The summed E-state index contributed by atoms with van der Waals surface area (Å²) in [6.07, 6.45) is 5.32. The molecule has 316 valence electrons. The molecule has 3 aliphatic heterocycles. The summed E-state index contributed by atoms with van der Waals surface area (Å²) < 4.78 is 8.40. The van der Waals surface area contributed by atoms with Gasteiger partial charge in [0.2, 0.25) is 0 Å². The fraction of sp³-hybridized carbons (Fsp3) is 0.306. The number of hydrogen-bond acceptors (Lipinski definition) is 10. The lowest BCUT2D eigenvalue weighted by Crippen LogP contribution is -2.44. The first-order chi connectivity index (χ1) is 30.3. The lowest BCUT2D eigenvalue weighted by atomic mass is 9.75. The molecule has 0 radical (unpaired) electrons. The molecule has 62 heavy (non-hydrogen) atoms. The molecule has 3 amide bonds. The van der Waals surface area contributed by atoms with E-state index in [-0.39, 0.29) is 30.8 Å². The first-order valence-corrected chi connectivity index (χ1v) is 21.8. The molecule has 4 heterocycles. The van der Waals surface area contributed by atoms with E-state index < -0.39 is 5.54 Å². The third kappa shape index (κ3) is 6.45. The van der Waals surface area contributed by atoms with E-state index in [0.29, 0.717) is 39.3 Å². The summed E-state index contributed by atoms with van der Waals surface area (Å²) in [7, 11) is 0. The minimum absolute atomic E-state index is 0.0888. The van der Waals surface area contributed by atoms with Gasteiger partial charge in [-0.25, -0.2) is 5.01 Å². The van der Waals surface area contributed by atoms with Crippen LogP contribution in [-0.2, 0) is 12.1 Å². The number of amides is 3. The van der Waals surface area contributed by atoms with Crippen molar-refractivity contribution in [3.8, 4) is 11.5 Å². The number of hydrogen-bond donors (Lipinski definition) is 1. The zero-order valence-electron chi connectivity index (χ0n) is 35.9. The molecule has 1 N–H and O–H groups in total. The zero-order chi connectivity index (χ0) is 43.1. The molecule has 0 aliphatic carbocycles. The first-order valence-electron chi connectivity index (χ1n) is 21.8. The molecule has 0 unspecified atom stereocenters.